The van der Waals surface area contributed by atoms with Crippen molar-refractivity contribution in [2.45, 2.75) is 0 Å². The fraction of sp³-hybridized carbons (Fsp3) is 0. The molecular formula is C52H32N2O. The van der Waals surface area contributed by atoms with Crippen LogP contribution in [0.1, 0.15) is 0 Å². The number of benzene rings is 11. The van der Waals surface area contributed by atoms with E-state index in [1.165, 1.54) is 64.6 Å². The van der Waals surface area contributed by atoms with Crippen molar-refractivity contribution in [1.82, 2.24) is 0 Å². The van der Waals surface area contributed by atoms with Gasteiger partial charge in [0.15, 0.2) is 0 Å². The van der Waals surface area contributed by atoms with Gasteiger partial charge in [0.1, 0.15) is 11.2 Å². The molecule has 0 atom stereocenters. The molecular weight excluding hydrogens is 669 g/mol. The topological polar surface area (TPSA) is 19.6 Å². The molecule has 55 heavy (non-hydrogen) atoms. The molecule has 0 fully saturated rings. The quantitative estimate of drug-likeness (QED) is 0.161. The second kappa shape index (κ2) is 11.6. The van der Waals surface area contributed by atoms with E-state index < -0.39 is 0 Å². The summed E-state index contributed by atoms with van der Waals surface area (Å²) in [7, 11) is 0. The number of anilines is 6. The van der Waals surface area contributed by atoms with Crippen LogP contribution in [0.3, 0.4) is 0 Å². The van der Waals surface area contributed by atoms with Gasteiger partial charge in [-0.3, -0.25) is 0 Å². The number of fused-ring (bicyclic) bond motifs is 1. The summed E-state index contributed by atoms with van der Waals surface area (Å²) in [6, 6.07) is 70.4. The minimum atomic E-state index is 0.900. The Bertz CT molecular complexity index is 3380. The number of para-hydroxylation sites is 2. The first-order chi connectivity index (χ1) is 27.3. The van der Waals surface area contributed by atoms with E-state index in [0.29, 0.717) is 0 Å². The van der Waals surface area contributed by atoms with Crippen LogP contribution in [0.15, 0.2) is 199 Å². The summed E-state index contributed by atoms with van der Waals surface area (Å²) < 4.78 is 6.56. The molecule has 11 aromatic carbocycles. The molecule has 0 bridgehead atoms. The summed E-state index contributed by atoms with van der Waals surface area (Å²) in [5.41, 5.74) is 8.52. The predicted octanol–water partition coefficient (Wildman–Crippen LogP) is 15.2. The third-order valence-corrected chi connectivity index (χ3v) is 11.5. The van der Waals surface area contributed by atoms with Crippen molar-refractivity contribution in [1.29, 1.82) is 0 Å². The highest BCUT2D eigenvalue weighted by Crippen LogP contribution is 2.49. The van der Waals surface area contributed by atoms with Gasteiger partial charge >= 0.3 is 0 Å². The largest absolute Gasteiger partial charge is 0.456 e. The molecule has 0 unspecified atom stereocenters. The first kappa shape index (κ1) is 30.1. The monoisotopic (exact) mass is 700 g/mol. The summed E-state index contributed by atoms with van der Waals surface area (Å²) in [6.07, 6.45) is 0. The smallest absolute Gasteiger partial charge is 0.138 e. The van der Waals surface area contributed by atoms with E-state index in [1.807, 2.05) is 0 Å². The Morgan fingerprint density at radius 2 is 0.782 bits per heavy atom. The van der Waals surface area contributed by atoms with E-state index in [4.69, 9.17) is 4.42 Å². The molecule has 3 heteroatoms. The summed E-state index contributed by atoms with van der Waals surface area (Å²) in [4.78, 5) is 4.82. The van der Waals surface area contributed by atoms with Crippen LogP contribution in [0.25, 0.3) is 75.8 Å². The van der Waals surface area contributed by atoms with Crippen molar-refractivity contribution in [2.75, 3.05) is 9.80 Å². The number of rotatable bonds is 6. The average Bonchev–Trinajstić information content (AvgIpc) is 3.63. The van der Waals surface area contributed by atoms with Crippen LogP contribution >= 0.6 is 0 Å². The lowest BCUT2D eigenvalue weighted by molar-refractivity contribution is 0.669. The van der Waals surface area contributed by atoms with E-state index in [-0.39, 0.29) is 0 Å². The van der Waals surface area contributed by atoms with Gasteiger partial charge in [0.2, 0.25) is 0 Å². The van der Waals surface area contributed by atoms with Crippen molar-refractivity contribution in [3.05, 3.63) is 194 Å². The Morgan fingerprint density at radius 3 is 1.53 bits per heavy atom. The molecule has 0 radical (unpaired) electrons. The minimum absolute atomic E-state index is 0.900. The van der Waals surface area contributed by atoms with Crippen LogP contribution in [0, 0.1) is 0 Å². The van der Waals surface area contributed by atoms with Gasteiger partial charge in [-0.15, -0.1) is 0 Å². The Morgan fingerprint density at radius 1 is 0.273 bits per heavy atom. The molecule has 1 aromatic heterocycles. The number of nitrogens with zero attached hydrogens (tertiary/aromatic N) is 2. The molecule has 0 saturated heterocycles. The highest BCUT2D eigenvalue weighted by Gasteiger charge is 2.24. The van der Waals surface area contributed by atoms with Crippen LogP contribution in [0.5, 0.6) is 0 Å². The van der Waals surface area contributed by atoms with Crippen LogP contribution in [-0.4, -0.2) is 0 Å². The van der Waals surface area contributed by atoms with Crippen LogP contribution < -0.4 is 9.80 Å². The molecule has 1 heterocycles. The lowest BCUT2D eigenvalue weighted by atomic mass is 9.91. The lowest BCUT2D eigenvalue weighted by Gasteiger charge is -2.30. The maximum absolute atomic E-state index is 6.56. The molecule has 12 rings (SSSR count). The van der Waals surface area contributed by atoms with E-state index in [0.717, 1.165) is 45.3 Å². The Labute approximate surface area is 317 Å². The van der Waals surface area contributed by atoms with Gasteiger partial charge in [0.05, 0.1) is 22.7 Å². The van der Waals surface area contributed by atoms with Gasteiger partial charge in [-0.2, -0.15) is 0 Å². The van der Waals surface area contributed by atoms with Gasteiger partial charge in [0, 0.05) is 44.4 Å². The van der Waals surface area contributed by atoms with Crippen molar-refractivity contribution < 1.29 is 4.42 Å². The van der Waals surface area contributed by atoms with E-state index in [1.54, 1.807) is 0 Å². The predicted molar refractivity (Wildman–Crippen MR) is 233 cm³/mol. The van der Waals surface area contributed by atoms with Crippen LogP contribution in [-0.2, 0) is 0 Å². The Kier molecular flexibility index (Phi) is 6.34. The van der Waals surface area contributed by atoms with E-state index in [9.17, 15) is 0 Å². The minimum Gasteiger partial charge on any atom is -0.456 e. The van der Waals surface area contributed by atoms with Crippen molar-refractivity contribution in [3.63, 3.8) is 0 Å². The van der Waals surface area contributed by atoms with Crippen LogP contribution in [0.2, 0.25) is 0 Å². The van der Waals surface area contributed by atoms with Gasteiger partial charge in [-0.25, -0.2) is 0 Å². The third kappa shape index (κ3) is 4.44. The summed E-state index contributed by atoms with van der Waals surface area (Å²) in [5, 5.41) is 14.6. The zero-order chi connectivity index (χ0) is 36.0. The number of furan rings is 1. The first-order valence-electron chi connectivity index (χ1n) is 18.8. The standard InChI is InChI=1S/C52H32N2O/c1-3-14-38(15-4-1)53(40-31-37-22-21-34-13-10-20-47-51(34)52(37)48(32-40)55-47)45-29-25-35-24-28-43-46(30-26-36-23-27-42(45)49(35)50(36)43)54(39-16-5-2-6-17-39)44-19-9-12-33-11-7-8-18-41(33)44/h1-32H. The number of hydrogen-bond acceptors (Lipinski definition) is 3. The van der Waals surface area contributed by atoms with E-state index >= 15 is 0 Å². The molecule has 0 aliphatic heterocycles. The third-order valence-electron chi connectivity index (χ3n) is 11.5. The number of hydrogen-bond donors (Lipinski definition) is 0. The van der Waals surface area contributed by atoms with Crippen molar-refractivity contribution >= 4 is 110 Å². The summed E-state index contributed by atoms with van der Waals surface area (Å²) in [5.74, 6) is 0. The summed E-state index contributed by atoms with van der Waals surface area (Å²) >= 11 is 0. The van der Waals surface area contributed by atoms with Gasteiger partial charge in [-0.1, -0.05) is 133 Å². The molecule has 0 amide bonds. The Hall–Kier alpha value is -7.36. The van der Waals surface area contributed by atoms with E-state index in [2.05, 4.69) is 204 Å². The van der Waals surface area contributed by atoms with Gasteiger partial charge in [-0.05, 0) is 92.3 Å². The highest BCUT2D eigenvalue weighted by atomic mass is 16.3. The average molecular weight is 701 g/mol. The molecule has 0 aliphatic carbocycles. The maximum atomic E-state index is 6.56. The SMILES string of the molecule is c1ccc(N(c2cc3ccc4cccc5oc(c2)c3c45)c2ccc3ccc4c(N(c5ccccc5)c5cccc6ccccc56)ccc5ccc2c3c54)cc1. The summed E-state index contributed by atoms with van der Waals surface area (Å²) in [6.45, 7) is 0. The van der Waals surface area contributed by atoms with Crippen molar-refractivity contribution in [2.24, 2.45) is 0 Å². The molecule has 0 saturated carbocycles. The molecule has 256 valence electrons. The van der Waals surface area contributed by atoms with Crippen molar-refractivity contribution in [3.8, 4) is 0 Å². The second-order valence-electron chi connectivity index (χ2n) is 14.5. The Balaban J connectivity index is 1.12. The molecule has 12 aromatic rings. The zero-order valence-corrected chi connectivity index (χ0v) is 29.8. The normalized spacial score (nSPS) is 12.0. The second-order valence-corrected chi connectivity index (χ2v) is 14.5. The van der Waals surface area contributed by atoms with Crippen LogP contribution in [0.4, 0.5) is 34.1 Å². The molecule has 0 spiro atoms. The highest BCUT2D eigenvalue weighted by molar-refractivity contribution is 6.29. The zero-order valence-electron chi connectivity index (χ0n) is 29.8. The van der Waals surface area contributed by atoms with Gasteiger partial charge < -0.3 is 14.2 Å². The fourth-order valence-corrected chi connectivity index (χ4v) is 9.12. The molecule has 0 N–H and O–H groups in total. The molecule has 0 aliphatic rings. The fourth-order valence-electron chi connectivity index (χ4n) is 9.12. The maximum Gasteiger partial charge on any atom is 0.138 e. The molecule has 3 nitrogen and oxygen atoms in total. The first-order valence-corrected chi connectivity index (χ1v) is 18.8. The lowest BCUT2D eigenvalue weighted by Crippen LogP contribution is -2.11. The van der Waals surface area contributed by atoms with Gasteiger partial charge in [0.25, 0.3) is 0 Å².